The normalized spacial score (nSPS) is 12.9. The summed E-state index contributed by atoms with van der Waals surface area (Å²) in [6, 6.07) is 6.89. The van der Waals surface area contributed by atoms with Crippen LogP contribution in [0.3, 0.4) is 0 Å². The summed E-state index contributed by atoms with van der Waals surface area (Å²) >= 11 is 0. The number of imide groups is 1. The number of aromatic amines is 1. The number of imidazole rings is 1. The molecule has 49 heavy (non-hydrogen) atoms. The van der Waals surface area contributed by atoms with E-state index in [1.165, 1.54) is 19.9 Å². The number of aryl methyl sites for hydroxylation is 1. The van der Waals surface area contributed by atoms with Gasteiger partial charge >= 0.3 is 11.7 Å². The van der Waals surface area contributed by atoms with Gasteiger partial charge < -0.3 is 25.2 Å². The molecule has 3 aromatic rings. The van der Waals surface area contributed by atoms with E-state index < -0.39 is 23.3 Å². The van der Waals surface area contributed by atoms with Gasteiger partial charge in [-0.2, -0.15) is 0 Å². The molecule has 3 N–H and O–H groups in total. The Morgan fingerprint density at radius 1 is 0.918 bits per heavy atom. The molecule has 1 saturated heterocycles. The number of ether oxygens (including phenoxy) is 1. The van der Waals surface area contributed by atoms with Crippen LogP contribution in [0.4, 0.5) is 0 Å². The minimum Gasteiger partial charge on any atom is -0.484 e. The van der Waals surface area contributed by atoms with Crippen LogP contribution < -0.4 is 26.6 Å². The molecule has 0 unspecified atom stereocenters. The van der Waals surface area contributed by atoms with Crippen LogP contribution in [0.5, 0.6) is 5.75 Å². The molecule has 0 aliphatic carbocycles. The maximum atomic E-state index is 13.0. The largest absolute Gasteiger partial charge is 0.484 e. The van der Waals surface area contributed by atoms with Gasteiger partial charge in [-0.3, -0.25) is 33.1 Å². The molecule has 1 aliphatic heterocycles. The summed E-state index contributed by atoms with van der Waals surface area (Å²) in [5, 5.41) is 6.14. The number of hydrogen-bond acceptors (Lipinski definition) is 13. The number of amides is 3. The van der Waals surface area contributed by atoms with Crippen molar-refractivity contribution in [3.05, 3.63) is 45.1 Å². The van der Waals surface area contributed by atoms with Crippen molar-refractivity contribution < 1.29 is 33.5 Å². The number of hydroxylamine groups is 2. The van der Waals surface area contributed by atoms with E-state index in [0.29, 0.717) is 79.2 Å². The Morgan fingerprint density at radius 2 is 1.61 bits per heavy atom. The summed E-state index contributed by atoms with van der Waals surface area (Å²) < 4.78 is 8.36. The number of aromatic nitrogens is 4. The Labute approximate surface area is 289 Å². The van der Waals surface area contributed by atoms with Crippen molar-refractivity contribution >= 4 is 61.6 Å². The molecule has 18 heteroatoms. The van der Waals surface area contributed by atoms with E-state index in [0.717, 1.165) is 10.8 Å². The summed E-state index contributed by atoms with van der Waals surface area (Å²) in [4.78, 5) is 97.2. The second kappa shape index (κ2) is 18.4. The molecule has 1 fully saturated rings. The molecule has 1 aliphatic rings. The molecule has 3 amide bonds. The zero-order valence-corrected chi connectivity index (χ0v) is 28.9. The van der Waals surface area contributed by atoms with Crippen LogP contribution in [0.15, 0.2) is 33.9 Å². The topological polar surface area (TPSA) is 204 Å². The number of benzene rings is 1. The Hall–Kier alpha value is -4.42. The molecule has 2 aromatic heterocycles. The van der Waals surface area contributed by atoms with Crippen LogP contribution in [0.1, 0.15) is 52.4 Å². The molecular weight excluding hydrogens is 679 g/mol. The highest BCUT2D eigenvalue weighted by molar-refractivity contribution is 8.82. The van der Waals surface area contributed by atoms with Gasteiger partial charge in [-0.25, -0.2) is 14.6 Å². The highest BCUT2D eigenvalue weighted by atomic mass is 33.1. The number of nitrogens with zero attached hydrogens (tertiary/aromatic N) is 4. The third-order valence-electron chi connectivity index (χ3n) is 7.12. The lowest BCUT2D eigenvalue weighted by Gasteiger charge is -2.12. The molecule has 3 heterocycles. The molecular formula is C31H39N7O9S2. The van der Waals surface area contributed by atoms with Gasteiger partial charge in [-0.15, -0.1) is 5.06 Å². The SMILES string of the molecule is CCCn1c(=O)c2[nH]c(-c3ccc(OCC(=O)NCCNCCSSC(=O)CCC(=O)ON4C(=O)CCC4=O)cc3)nc2n(CCC)c1=O. The molecule has 0 saturated carbocycles. The lowest BCUT2D eigenvalue weighted by atomic mass is 10.2. The number of H-pyrrole nitrogens is 1. The zero-order chi connectivity index (χ0) is 35.3. The van der Waals surface area contributed by atoms with Crippen molar-refractivity contribution in [2.45, 2.75) is 65.5 Å². The molecule has 264 valence electrons. The lowest BCUT2D eigenvalue weighted by Crippen LogP contribution is -2.40. The third kappa shape index (κ3) is 10.3. The number of rotatable bonds is 19. The maximum absolute atomic E-state index is 13.0. The summed E-state index contributed by atoms with van der Waals surface area (Å²) in [5.41, 5.74) is 0.527. The molecule has 0 spiro atoms. The van der Waals surface area contributed by atoms with Gasteiger partial charge in [-0.05, 0) is 47.9 Å². The average Bonchev–Trinajstić information content (AvgIpc) is 3.67. The van der Waals surface area contributed by atoms with E-state index in [2.05, 4.69) is 20.6 Å². The van der Waals surface area contributed by atoms with Crippen molar-refractivity contribution in [3.63, 3.8) is 0 Å². The molecule has 1 aromatic carbocycles. The summed E-state index contributed by atoms with van der Waals surface area (Å²) in [6.07, 6.45) is 1.07. The number of fused-ring (bicyclic) bond motifs is 1. The monoisotopic (exact) mass is 717 g/mol. The van der Waals surface area contributed by atoms with Crippen LogP contribution in [0, 0.1) is 0 Å². The van der Waals surface area contributed by atoms with Crippen LogP contribution >= 0.6 is 21.6 Å². The predicted molar refractivity (Wildman–Crippen MR) is 183 cm³/mol. The molecule has 0 radical (unpaired) electrons. The van der Waals surface area contributed by atoms with Gasteiger partial charge in [0.15, 0.2) is 17.4 Å². The minimum atomic E-state index is -0.810. The Balaban J connectivity index is 1.10. The van der Waals surface area contributed by atoms with Gasteiger partial charge in [-0.1, -0.05) is 24.6 Å². The zero-order valence-electron chi connectivity index (χ0n) is 27.3. The van der Waals surface area contributed by atoms with E-state index in [9.17, 15) is 33.6 Å². The quantitative estimate of drug-likeness (QED) is 0.0920. The summed E-state index contributed by atoms with van der Waals surface area (Å²) in [6.45, 7) is 5.90. The van der Waals surface area contributed by atoms with Crippen molar-refractivity contribution in [1.29, 1.82) is 0 Å². The predicted octanol–water partition coefficient (Wildman–Crippen LogP) is 1.75. The first-order chi connectivity index (χ1) is 23.6. The van der Waals surface area contributed by atoms with Crippen molar-refractivity contribution in [2.24, 2.45) is 0 Å². The number of hydrogen-bond donors (Lipinski definition) is 3. The van der Waals surface area contributed by atoms with Gasteiger partial charge in [0, 0.05) is 63.3 Å². The van der Waals surface area contributed by atoms with Crippen LogP contribution in [-0.4, -0.2) is 85.0 Å². The Morgan fingerprint density at radius 3 is 2.31 bits per heavy atom. The van der Waals surface area contributed by atoms with E-state index in [4.69, 9.17) is 9.57 Å². The molecule has 0 atom stereocenters. The smallest absolute Gasteiger partial charge is 0.333 e. The van der Waals surface area contributed by atoms with E-state index in [-0.39, 0.29) is 54.5 Å². The van der Waals surface area contributed by atoms with Gasteiger partial charge in [0.1, 0.15) is 17.1 Å². The Bertz CT molecular complexity index is 1770. The summed E-state index contributed by atoms with van der Waals surface area (Å²) in [7, 11) is 2.32. The van der Waals surface area contributed by atoms with Crippen LogP contribution in [0.2, 0.25) is 0 Å². The van der Waals surface area contributed by atoms with Gasteiger partial charge in [0.05, 0.1) is 6.42 Å². The number of carbonyl (C=O) groups excluding carboxylic acids is 5. The highest BCUT2D eigenvalue weighted by Gasteiger charge is 2.32. The maximum Gasteiger partial charge on any atom is 0.333 e. The lowest BCUT2D eigenvalue weighted by molar-refractivity contribution is -0.197. The highest BCUT2D eigenvalue weighted by Crippen LogP contribution is 2.24. The fourth-order valence-corrected chi connectivity index (χ4v) is 6.52. The second-order valence-electron chi connectivity index (χ2n) is 10.9. The van der Waals surface area contributed by atoms with Crippen molar-refractivity contribution in [1.82, 2.24) is 34.8 Å². The minimum absolute atomic E-state index is 0.00784. The van der Waals surface area contributed by atoms with E-state index >= 15 is 0 Å². The number of carbonyl (C=O) groups is 5. The van der Waals surface area contributed by atoms with Crippen molar-refractivity contribution in [2.75, 3.05) is 32.0 Å². The van der Waals surface area contributed by atoms with Crippen LogP contribution in [0.25, 0.3) is 22.6 Å². The summed E-state index contributed by atoms with van der Waals surface area (Å²) in [5.74, 6) is -0.720. The Kier molecular flexibility index (Phi) is 14.0. The van der Waals surface area contributed by atoms with Gasteiger partial charge in [0.25, 0.3) is 23.3 Å². The molecule has 16 nitrogen and oxygen atoms in total. The first-order valence-corrected chi connectivity index (χ1v) is 18.3. The average molecular weight is 718 g/mol. The molecule has 4 rings (SSSR count). The van der Waals surface area contributed by atoms with E-state index in [1.807, 2.05) is 13.8 Å². The van der Waals surface area contributed by atoms with Crippen molar-refractivity contribution in [3.8, 4) is 17.1 Å². The van der Waals surface area contributed by atoms with E-state index in [1.54, 1.807) is 24.3 Å². The van der Waals surface area contributed by atoms with Gasteiger partial charge in [0.2, 0.25) is 0 Å². The standard InChI is InChI=1S/C31H39N7O9S2/c1-3-16-36-29-27(30(44)37(17-4-2)31(36)45)34-28(35-29)20-5-7-21(8-6-20)46-19-22(39)33-14-13-32-15-18-48-49-26(43)12-11-25(42)47-38-23(40)9-10-24(38)41/h5-8,32H,3-4,9-19H2,1-2H3,(H,33,39)(H,34,35). The van der Waals surface area contributed by atoms with Crippen LogP contribution in [-0.2, 0) is 41.9 Å². The second-order valence-corrected chi connectivity index (χ2v) is 13.4. The first-order valence-electron chi connectivity index (χ1n) is 16.0. The number of nitrogens with one attached hydrogen (secondary N) is 3. The third-order valence-corrected chi connectivity index (χ3v) is 9.41. The molecule has 0 bridgehead atoms. The fraction of sp³-hybridized carbons (Fsp3) is 0.484. The first kappa shape index (κ1) is 37.4. The fourth-order valence-electron chi connectivity index (χ4n) is 4.75.